The van der Waals surface area contributed by atoms with Gasteiger partial charge in [-0.25, -0.2) is 18.0 Å². The van der Waals surface area contributed by atoms with Crippen molar-refractivity contribution in [2.24, 2.45) is 28.3 Å². The van der Waals surface area contributed by atoms with Gasteiger partial charge in [-0.2, -0.15) is 4.31 Å². The van der Waals surface area contributed by atoms with E-state index in [4.69, 9.17) is 22.3 Å². The number of hydrogen-bond donors (Lipinski definition) is 3. The van der Waals surface area contributed by atoms with E-state index in [9.17, 15) is 23.1 Å². The molecule has 2 aromatic rings. The van der Waals surface area contributed by atoms with Crippen molar-refractivity contribution in [3.8, 4) is 11.1 Å². The summed E-state index contributed by atoms with van der Waals surface area (Å²) in [5.74, 6) is -2.97. The van der Waals surface area contributed by atoms with Crippen LogP contribution in [-0.2, 0) is 24.3 Å². The predicted molar refractivity (Wildman–Crippen MR) is 175 cm³/mol. The van der Waals surface area contributed by atoms with Crippen molar-refractivity contribution in [2.75, 3.05) is 13.2 Å². The van der Waals surface area contributed by atoms with Crippen molar-refractivity contribution in [1.29, 1.82) is 0 Å². The molecule has 5 N–H and O–H groups in total. The number of aliphatic carboxylic acids is 1. The summed E-state index contributed by atoms with van der Waals surface area (Å²) in [7, 11) is -4.82. The third-order valence-electron chi connectivity index (χ3n) is 9.06. The van der Waals surface area contributed by atoms with E-state index in [1.807, 2.05) is 48.5 Å². The largest absolute Gasteiger partial charge is 0.492 e. The molecule has 11 nitrogen and oxygen atoms in total. The van der Waals surface area contributed by atoms with E-state index in [2.05, 4.69) is 4.99 Å². The number of carboxylic acid groups (broad SMARTS) is 1. The molecule has 4 atom stereocenters. The van der Waals surface area contributed by atoms with Crippen LogP contribution in [0.15, 0.2) is 75.3 Å². The summed E-state index contributed by atoms with van der Waals surface area (Å²) in [6.07, 6.45) is -2.30. The molecule has 0 spiro atoms. The Morgan fingerprint density at radius 2 is 1.70 bits per heavy atom. The van der Waals surface area contributed by atoms with E-state index in [0.29, 0.717) is 21.2 Å². The van der Waals surface area contributed by atoms with Gasteiger partial charge in [-0.05, 0) is 80.3 Å². The van der Waals surface area contributed by atoms with Crippen LogP contribution in [0.4, 0.5) is 4.79 Å². The smallest absolute Gasteiger partial charge is 0.424 e. The molecule has 0 bridgehead atoms. The van der Waals surface area contributed by atoms with Crippen LogP contribution >= 0.6 is 0 Å². The molecular formula is C34H42N4O7S. The number of sulfonamides is 1. The summed E-state index contributed by atoms with van der Waals surface area (Å²) in [6, 6.07) is 13.6. The van der Waals surface area contributed by atoms with Gasteiger partial charge in [-0.15, -0.1) is 0 Å². The zero-order chi connectivity index (χ0) is 34.4. The number of ether oxygens (including phenoxy) is 2. The van der Waals surface area contributed by atoms with Gasteiger partial charge >= 0.3 is 12.1 Å². The normalized spacial score (nSPS) is 22.6. The molecule has 0 aromatic heterocycles. The maximum absolute atomic E-state index is 14.7. The Morgan fingerprint density at radius 3 is 2.26 bits per heavy atom. The van der Waals surface area contributed by atoms with Crippen molar-refractivity contribution in [2.45, 2.75) is 71.4 Å². The number of hydrogen-bond acceptors (Lipinski definition) is 7. The number of nitrogens with two attached hydrogens (primary N) is 2. The Bertz CT molecular complexity index is 1750. The van der Waals surface area contributed by atoms with Gasteiger partial charge in [0.25, 0.3) is 10.0 Å². The second-order valence-electron chi connectivity index (χ2n) is 12.6. The minimum atomic E-state index is -4.82. The molecule has 0 saturated carbocycles. The Hall–Kier alpha value is -4.32. The highest BCUT2D eigenvalue weighted by atomic mass is 32.2. The fraction of sp³-hybridized carbons (Fsp3) is 0.441. The second kappa shape index (κ2) is 12.5. The van der Waals surface area contributed by atoms with Crippen molar-refractivity contribution in [3.63, 3.8) is 0 Å². The van der Waals surface area contributed by atoms with E-state index in [-0.39, 0.29) is 42.8 Å². The van der Waals surface area contributed by atoms with Gasteiger partial charge in [-0.1, -0.05) is 55.5 Å². The number of amides is 1. The SMILES string of the molecule is [2H]C1C2C(=C(C)C(C)=C(S(=O)(=O)N(C(=O)OCC3c4ccccc4-c4ccccc43)[C@@H](CCCN=C(N)N)C(=O)O)C2C)OC1(C)C. The summed E-state index contributed by atoms with van der Waals surface area (Å²) in [5.41, 5.74) is 14.7. The third kappa shape index (κ3) is 5.97. The highest BCUT2D eigenvalue weighted by Crippen LogP contribution is 2.51. The molecule has 5 rings (SSSR count). The van der Waals surface area contributed by atoms with Crippen LogP contribution in [0.2, 0.25) is 0 Å². The van der Waals surface area contributed by atoms with E-state index in [0.717, 1.165) is 22.3 Å². The molecule has 1 fully saturated rings. The number of rotatable bonds is 10. The van der Waals surface area contributed by atoms with Crippen LogP contribution < -0.4 is 11.5 Å². The quantitative estimate of drug-likeness (QED) is 0.180. The summed E-state index contributed by atoms with van der Waals surface area (Å²) < 4.78 is 50.7. The molecule has 46 heavy (non-hydrogen) atoms. The van der Waals surface area contributed by atoms with Crippen molar-refractivity contribution >= 4 is 28.0 Å². The van der Waals surface area contributed by atoms with Crippen molar-refractivity contribution in [3.05, 3.63) is 81.5 Å². The second-order valence-corrected chi connectivity index (χ2v) is 14.4. The molecule has 1 saturated heterocycles. The zero-order valence-electron chi connectivity index (χ0n) is 27.7. The number of fused-ring (bicyclic) bond motifs is 4. The Balaban J connectivity index is 1.54. The van der Waals surface area contributed by atoms with Gasteiger partial charge < -0.3 is 26.0 Å². The molecule has 2 aromatic carbocycles. The lowest BCUT2D eigenvalue weighted by molar-refractivity contribution is -0.141. The Kier molecular flexibility index (Phi) is 8.58. The maximum atomic E-state index is 14.7. The van der Waals surface area contributed by atoms with E-state index >= 15 is 0 Å². The Labute approximate surface area is 271 Å². The van der Waals surface area contributed by atoms with Crippen LogP contribution in [0.1, 0.15) is 72.3 Å². The number of carbonyl (C=O) groups is 2. The van der Waals surface area contributed by atoms with Crippen LogP contribution in [0.3, 0.4) is 0 Å². The van der Waals surface area contributed by atoms with Crippen molar-refractivity contribution in [1.82, 2.24) is 4.31 Å². The van der Waals surface area contributed by atoms with Gasteiger partial charge in [0.15, 0.2) is 5.96 Å². The summed E-state index contributed by atoms with van der Waals surface area (Å²) in [4.78, 5) is 30.6. The highest BCUT2D eigenvalue weighted by Gasteiger charge is 2.51. The minimum Gasteiger partial charge on any atom is -0.492 e. The first-order valence-electron chi connectivity index (χ1n) is 15.9. The van der Waals surface area contributed by atoms with Crippen LogP contribution in [0, 0.1) is 11.8 Å². The van der Waals surface area contributed by atoms with Gasteiger partial charge in [-0.3, -0.25) is 4.99 Å². The summed E-state index contributed by atoms with van der Waals surface area (Å²) in [5, 5.41) is 10.4. The molecule has 1 heterocycles. The standard InChI is InChI=1S/C34H42N4O7S/c1-19-20(2)30(21(3)26-17-34(4,5)45-29(19)26)46(42,43)38(28(31(39)40)15-10-16-37-32(35)36)33(41)44-18-27-24-13-8-6-11-22(24)23-12-7-9-14-25(23)27/h6-9,11-14,21,26-28H,10,15-18H2,1-5H3,(H,39,40)(H4,35,36,37)/t21?,26?,28-/m0/s1/i17D/t17?,21?,26?,28-. The first-order valence-corrected chi connectivity index (χ1v) is 16.7. The fourth-order valence-electron chi connectivity index (χ4n) is 6.88. The number of carbonyl (C=O) groups excluding carboxylic acids is 1. The lowest BCUT2D eigenvalue weighted by Crippen LogP contribution is -2.50. The molecule has 3 aliphatic rings. The molecule has 2 aliphatic carbocycles. The van der Waals surface area contributed by atoms with E-state index in [1.165, 1.54) is 0 Å². The number of allylic oxidation sites excluding steroid dienone is 4. The number of aliphatic imine (C=N–C) groups is 1. The van der Waals surface area contributed by atoms with Gasteiger partial charge in [0.1, 0.15) is 24.0 Å². The lowest BCUT2D eigenvalue weighted by atomic mass is 9.79. The zero-order valence-corrected chi connectivity index (χ0v) is 27.5. The van der Waals surface area contributed by atoms with Gasteiger partial charge in [0.2, 0.25) is 0 Å². The average molecular weight is 652 g/mol. The molecule has 1 aliphatic heterocycles. The van der Waals surface area contributed by atoms with Crippen molar-refractivity contribution < 1.29 is 34.0 Å². The summed E-state index contributed by atoms with van der Waals surface area (Å²) >= 11 is 0. The topological polar surface area (TPSA) is 175 Å². The van der Waals surface area contributed by atoms with E-state index in [1.54, 1.807) is 34.6 Å². The number of guanidine groups is 1. The van der Waals surface area contributed by atoms with E-state index < -0.39 is 52.0 Å². The van der Waals surface area contributed by atoms with Gasteiger partial charge in [0, 0.05) is 25.7 Å². The number of benzene rings is 2. The molecule has 0 radical (unpaired) electrons. The molecule has 3 unspecified atom stereocenters. The highest BCUT2D eigenvalue weighted by molar-refractivity contribution is 7.93. The monoisotopic (exact) mass is 651 g/mol. The first kappa shape index (κ1) is 31.7. The molecule has 246 valence electrons. The minimum absolute atomic E-state index is 0.0308. The molecule has 12 heteroatoms. The number of nitrogens with zero attached hydrogens (tertiary/aromatic N) is 2. The fourth-order valence-corrected chi connectivity index (χ4v) is 9.03. The molecular weight excluding hydrogens is 608 g/mol. The number of carboxylic acids is 1. The Morgan fingerprint density at radius 1 is 1.11 bits per heavy atom. The van der Waals surface area contributed by atoms with Gasteiger partial charge in [0.05, 0.1) is 4.91 Å². The summed E-state index contributed by atoms with van der Waals surface area (Å²) in [6.45, 7) is 8.37. The third-order valence-corrected chi connectivity index (χ3v) is 11.2. The lowest BCUT2D eigenvalue weighted by Gasteiger charge is -2.35. The first-order chi connectivity index (χ1) is 22.1. The van der Waals surface area contributed by atoms with Crippen LogP contribution in [0.25, 0.3) is 11.1 Å². The maximum Gasteiger partial charge on any atom is 0.424 e. The average Bonchev–Trinajstić information content (AvgIpc) is 3.46. The van der Waals surface area contributed by atoms with Crippen LogP contribution in [-0.4, -0.2) is 60.6 Å². The molecule has 1 amide bonds. The predicted octanol–water partition coefficient (Wildman–Crippen LogP) is 5.09. The van der Waals surface area contributed by atoms with Crippen LogP contribution in [0.5, 0.6) is 0 Å².